The highest BCUT2D eigenvalue weighted by Crippen LogP contribution is 2.11. The molecule has 0 radical (unpaired) electrons. The smallest absolute Gasteiger partial charge is 0.101 e. The van der Waals surface area contributed by atoms with Crippen molar-refractivity contribution < 1.29 is 4.39 Å². The maximum atomic E-state index is 12.5. The van der Waals surface area contributed by atoms with E-state index in [9.17, 15) is 4.39 Å². The van der Waals surface area contributed by atoms with Crippen LogP contribution in [-0.2, 0) is 6.42 Å². The highest BCUT2D eigenvalue weighted by Gasteiger charge is 1.99. The lowest BCUT2D eigenvalue weighted by Crippen LogP contribution is -1.97. The van der Waals surface area contributed by atoms with Crippen LogP contribution in [0.5, 0.6) is 0 Å². The van der Waals surface area contributed by atoms with E-state index in [1.54, 1.807) is 19.1 Å². The number of hydrogen-bond acceptors (Lipinski definition) is 0. The van der Waals surface area contributed by atoms with Gasteiger partial charge in [0.2, 0.25) is 0 Å². The van der Waals surface area contributed by atoms with Crippen molar-refractivity contribution in [2.75, 3.05) is 0 Å². The maximum absolute atomic E-state index is 12.5. The third-order valence-electron chi connectivity index (χ3n) is 1.43. The number of hydrogen-bond donors (Lipinski definition) is 0. The average molecular weight is 173 g/mol. The van der Waals surface area contributed by atoms with Gasteiger partial charge in [-0.25, -0.2) is 4.39 Å². The summed E-state index contributed by atoms with van der Waals surface area (Å²) in [7, 11) is 0. The van der Waals surface area contributed by atoms with Gasteiger partial charge in [0, 0.05) is 11.4 Å². The zero-order chi connectivity index (χ0) is 8.27. The Morgan fingerprint density at radius 2 is 1.91 bits per heavy atom. The largest absolute Gasteiger partial charge is 0.247 e. The van der Waals surface area contributed by atoms with Crippen molar-refractivity contribution in [2.24, 2.45) is 0 Å². The highest BCUT2D eigenvalue weighted by atomic mass is 35.5. The van der Waals surface area contributed by atoms with Crippen LogP contribution in [0.2, 0.25) is 5.02 Å². The third-order valence-corrected chi connectivity index (χ3v) is 1.68. The van der Waals surface area contributed by atoms with E-state index in [2.05, 4.69) is 0 Å². The SMILES string of the molecule is C[C@H](F)Cc1ccc(Cl)cc1. The molecule has 0 saturated heterocycles. The molecule has 0 aromatic heterocycles. The molecule has 0 aliphatic heterocycles. The first-order valence-electron chi connectivity index (χ1n) is 3.57. The summed E-state index contributed by atoms with van der Waals surface area (Å²) in [5.74, 6) is 0. The first kappa shape index (κ1) is 8.54. The maximum Gasteiger partial charge on any atom is 0.101 e. The molecule has 0 amide bonds. The molecular formula is C9H10ClF. The molecule has 2 heteroatoms. The van der Waals surface area contributed by atoms with Gasteiger partial charge in [0.15, 0.2) is 0 Å². The van der Waals surface area contributed by atoms with Crippen LogP contribution in [0.3, 0.4) is 0 Å². The van der Waals surface area contributed by atoms with Crippen molar-refractivity contribution in [1.29, 1.82) is 0 Å². The highest BCUT2D eigenvalue weighted by molar-refractivity contribution is 6.30. The topological polar surface area (TPSA) is 0 Å². The molecule has 0 heterocycles. The summed E-state index contributed by atoms with van der Waals surface area (Å²) in [4.78, 5) is 0. The van der Waals surface area contributed by atoms with Crippen molar-refractivity contribution in [3.63, 3.8) is 0 Å². The van der Waals surface area contributed by atoms with Crippen molar-refractivity contribution in [3.05, 3.63) is 34.9 Å². The summed E-state index contributed by atoms with van der Waals surface area (Å²) >= 11 is 5.65. The molecule has 0 unspecified atom stereocenters. The Labute approximate surface area is 71.0 Å². The fourth-order valence-electron chi connectivity index (χ4n) is 0.945. The van der Waals surface area contributed by atoms with Gasteiger partial charge in [0.25, 0.3) is 0 Å². The predicted molar refractivity (Wildman–Crippen MR) is 45.7 cm³/mol. The molecule has 0 bridgehead atoms. The molecule has 1 atom stereocenters. The van der Waals surface area contributed by atoms with Gasteiger partial charge in [-0.1, -0.05) is 23.7 Å². The first-order valence-corrected chi connectivity index (χ1v) is 3.95. The second-order valence-electron chi connectivity index (χ2n) is 2.61. The minimum absolute atomic E-state index is 0.469. The van der Waals surface area contributed by atoms with E-state index in [0.717, 1.165) is 5.56 Å². The van der Waals surface area contributed by atoms with Gasteiger partial charge in [0.05, 0.1) is 0 Å². The van der Waals surface area contributed by atoms with Crippen LogP contribution in [0.15, 0.2) is 24.3 Å². The van der Waals surface area contributed by atoms with Crippen molar-refractivity contribution in [3.8, 4) is 0 Å². The summed E-state index contributed by atoms with van der Waals surface area (Å²) in [6.45, 7) is 1.55. The average Bonchev–Trinajstić information content (AvgIpc) is 1.93. The lowest BCUT2D eigenvalue weighted by Gasteiger charge is -2.00. The molecule has 60 valence electrons. The summed E-state index contributed by atoms with van der Waals surface area (Å²) in [6.07, 6.45) is -0.312. The van der Waals surface area contributed by atoms with Crippen molar-refractivity contribution in [1.82, 2.24) is 0 Å². The van der Waals surface area contributed by atoms with Crippen LogP contribution >= 0.6 is 11.6 Å². The van der Waals surface area contributed by atoms with Crippen LogP contribution in [0.1, 0.15) is 12.5 Å². The van der Waals surface area contributed by atoms with Crippen LogP contribution < -0.4 is 0 Å². The molecule has 0 spiro atoms. The fourth-order valence-corrected chi connectivity index (χ4v) is 1.07. The van der Waals surface area contributed by atoms with E-state index in [0.29, 0.717) is 11.4 Å². The number of halogens is 2. The molecule has 0 fully saturated rings. The van der Waals surface area contributed by atoms with Gasteiger partial charge in [-0.15, -0.1) is 0 Å². The van der Waals surface area contributed by atoms with Crippen molar-refractivity contribution in [2.45, 2.75) is 19.5 Å². The van der Waals surface area contributed by atoms with E-state index in [-0.39, 0.29) is 0 Å². The molecular weight excluding hydrogens is 163 g/mol. The minimum atomic E-state index is -0.781. The number of benzene rings is 1. The molecule has 1 aromatic rings. The summed E-state index contributed by atoms with van der Waals surface area (Å²) in [5.41, 5.74) is 0.990. The van der Waals surface area contributed by atoms with Crippen LogP contribution in [0, 0.1) is 0 Å². The van der Waals surface area contributed by atoms with Crippen LogP contribution in [0.4, 0.5) is 4.39 Å². The Kier molecular flexibility index (Phi) is 2.89. The Hall–Kier alpha value is -0.560. The van der Waals surface area contributed by atoms with E-state index in [1.807, 2.05) is 12.1 Å². The van der Waals surface area contributed by atoms with E-state index >= 15 is 0 Å². The monoisotopic (exact) mass is 172 g/mol. The molecule has 0 aliphatic rings. The van der Waals surface area contributed by atoms with Crippen LogP contribution in [0.25, 0.3) is 0 Å². The Bertz CT molecular complexity index is 216. The van der Waals surface area contributed by atoms with Gasteiger partial charge >= 0.3 is 0 Å². The zero-order valence-corrected chi connectivity index (χ0v) is 7.11. The lowest BCUT2D eigenvalue weighted by atomic mass is 10.1. The minimum Gasteiger partial charge on any atom is -0.247 e. The molecule has 1 aromatic carbocycles. The Morgan fingerprint density at radius 3 is 2.36 bits per heavy atom. The predicted octanol–water partition coefficient (Wildman–Crippen LogP) is 3.24. The zero-order valence-electron chi connectivity index (χ0n) is 6.35. The molecule has 0 saturated carbocycles. The van der Waals surface area contributed by atoms with Crippen molar-refractivity contribution >= 4 is 11.6 Å². The van der Waals surface area contributed by atoms with Gasteiger partial charge in [-0.3, -0.25) is 0 Å². The molecule has 11 heavy (non-hydrogen) atoms. The summed E-state index contributed by atoms with van der Waals surface area (Å²) < 4.78 is 12.5. The third kappa shape index (κ3) is 2.89. The quantitative estimate of drug-likeness (QED) is 0.643. The van der Waals surface area contributed by atoms with E-state index in [1.165, 1.54) is 0 Å². The molecule has 0 aliphatic carbocycles. The standard InChI is InChI=1S/C9H10ClF/c1-7(11)6-8-2-4-9(10)5-3-8/h2-5,7H,6H2,1H3/t7-/m0/s1. The number of alkyl halides is 1. The summed E-state index contributed by atoms with van der Waals surface area (Å²) in [6, 6.07) is 7.25. The van der Waals surface area contributed by atoms with Crippen LogP contribution in [-0.4, -0.2) is 6.17 Å². The molecule has 0 nitrogen and oxygen atoms in total. The lowest BCUT2D eigenvalue weighted by molar-refractivity contribution is 0.360. The van der Waals surface area contributed by atoms with Gasteiger partial charge in [-0.2, -0.15) is 0 Å². The van der Waals surface area contributed by atoms with Gasteiger partial charge in [-0.05, 0) is 24.6 Å². The van der Waals surface area contributed by atoms with E-state index < -0.39 is 6.17 Å². The Balaban J connectivity index is 2.66. The molecule has 1 rings (SSSR count). The van der Waals surface area contributed by atoms with Gasteiger partial charge < -0.3 is 0 Å². The molecule has 0 N–H and O–H groups in total. The Morgan fingerprint density at radius 1 is 1.36 bits per heavy atom. The second kappa shape index (κ2) is 3.72. The number of rotatable bonds is 2. The summed E-state index contributed by atoms with van der Waals surface area (Å²) in [5, 5.41) is 0.695. The normalized spacial score (nSPS) is 13.0. The fraction of sp³-hybridized carbons (Fsp3) is 0.333. The second-order valence-corrected chi connectivity index (χ2v) is 3.05. The van der Waals surface area contributed by atoms with E-state index in [4.69, 9.17) is 11.6 Å². The first-order chi connectivity index (χ1) is 5.18. The van der Waals surface area contributed by atoms with Gasteiger partial charge in [0.1, 0.15) is 6.17 Å².